The molecule has 3 nitrogen and oxygen atoms in total. The summed E-state index contributed by atoms with van der Waals surface area (Å²) < 4.78 is 0. The number of aliphatic imine (C=N–C) groups is 1. The molecule has 0 saturated carbocycles. The lowest BCUT2D eigenvalue weighted by molar-refractivity contribution is 0.708. The lowest BCUT2D eigenvalue weighted by atomic mass is 10.0. The lowest BCUT2D eigenvalue weighted by Crippen LogP contribution is -2.29. The zero-order valence-electron chi connectivity index (χ0n) is 10.4. The van der Waals surface area contributed by atoms with Crippen molar-refractivity contribution in [2.75, 3.05) is 6.54 Å². The highest BCUT2D eigenvalue weighted by Gasteiger charge is 2.16. The zero-order chi connectivity index (χ0) is 12.4. The minimum atomic E-state index is 0. The van der Waals surface area contributed by atoms with Crippen LogP contribution >= 0.6 is 17.0 Å². The molecule has 2 aromatic rings. The smallest absolute Gasteiger partial charge is 0.189 e. The van der Waals surface area contributed by atoms with Gasteiger partial charge in [-0.2, -0.15) is 0 Å². The molecular weight excluding hydrogens is 302 g/mol. The lowest BCUT2D eigenvalue weighted by Gasteiger charge is -2.11. The number of hydrogen-bond acceptors (Lipinski definition) is 3. The van der Waals surface area contributed by atoms with E-state index in [4.69, 9.17) is 5.73 Å². The van der Waals surface area contributed by atoms with Crippen LogP contribution in [-0.2, 0) is 0 Å². The van der Waals surface area contributed by atoms with Crippen LogP contribution in [0.15, 0.2) is 59.6 Å². The molecule has 3 N–H and O–H groups in total. The quantitative estimate of drug-likeness (QED) is 0.894. The van der Waals surface area contributed by atoms with Crippen LogP contribution in [-0.4, -0.2) is 12.5 Å². The predicted molar refractivity (Wildman–Crippen MR) is 84.6 cm³/mol. The molecule has 1 atom stereocenters. The largest absolute Gasteiger partial charge is 0.370 e. The molecule has 4 heteroatoms. The van der Waals surface area contributed by atoms with Gasteiger partial charge in [-0.1, -0.05) is 54.6 Å². The van der Waals surface area contributed by atoms with E-state index < -0.39 is 0 Å². The van der Waals surface area contributed by atoms with Gasteiger partial charge in [-0.15, -0.1) is 17.0 Å². The highest BCUT2D eigenvalue weighted by molar-refractivity contribution is 8.93. The molecule has 1 aliphatic heterocycles. The third-order valence-electron chi connectivity index (χ3n) is 3.19. The molecule has 0 fully saturated rings. The maximum atomic E-state index is 5.62. The SMILES string of the molecule is Br.NC1=NCC(c2ccc(-c3ccccc3)cc2)N1. The number of halogens is 1. The standard InChI is InChI=1S/C15H15N3.BrH/c16-15-17-10-14(18-15)13-8-6-12(7-9-13)11-4-2-1-3-5-11;/h1-9,14H,10H2,(H3,16,17,18);1H. The first-order chi connectivity index (χ1) is 8.83. The molecular formula is C15H16BrN3. The highest BCUT2D eigenvalue weighted by Crippen LogP contribution is 2.22. The van der Waals surface area contributed by atoms with Gasteiger partial charge in [0.25, 0.3) is 0 Å². The first kappa shape index (κ1) is 13.6. The summed E-state index contributed by atoms with van der Waals surface area (Å²) in [4.78, 5) is 4.16. The maximum absolute atomic E-state index is 5.62. The van der Waals surface area contributed by atoms with Gasteiger partial charge >= 0.3 is 0 Å². The third kappa shape index (κ3) is 2.96. The van der Waals surface area contributed by atoms with Crippen LogP contribution in [0.25, 0.3) is 11.1 Å². The minimum Gasteiger partial charge on any atom is -0.370 e. The number of nitrogens with two attached hydrogens (primary N) is 1. The molecule has 1 unspecified atom stereocenters. The molecule has 98 valence electrons. The van der Waals surface area contributed by atoms with Crippen LogP contribution in [0.1, 0.15) is 11.6 Å². The Morgan fingerprint density at radius 1 is 0.947 bits per heavy atom. The third-order valence-corrected chi connectivity index (χ3v) is 3.19. The summed E-state index contributed by atoms with van der Waals surface area (Å²) in [5.74, 6) is 0.534. The van der Waals surface area contributed by atoms with Crippen LogP contribution in [0.4, 0.5) is 0 Å². The Morgan fingerprint density at radius 3 is 2.16 bits per heavy atom. The Balaban J connectivity index is 0.00000133. The molecule has 0 aromatic heterocycles. The molecule has 0 saturated heterocycles. The van der Waals surface area contributed by atoms with E-state index >= 15 is 0 Å². The van der Waals surface area contributed by atoms with Crippen molar-refractivity contribution in [3.05, 3.63) is 60.2 Å². The maximum Gasteiger partial charge on any atom is 0.189 e. The van der Waals surface area contributed by atoms with E-state index in [1.54, 1.807) is 0 Å². The van der Waals surface area contributed by atoms with Gasteiger partial charge in [0.15, 0.2) is 5.96 Å². The van der Waals surface area contributed by atoms with Crippen LogP contribution in [0.5, 0.6) is 0 Å². The van der Waals surface area contributed by atoms with E-state index in [2.05, 4.69) is 58.8 Å². The normalized spacial score (nSPS) is 17.3. The fourth-order valence-electron chi connectivity index (χ4n) is 2.19. The summed E-state index contributed by atoms with van der Waals surface area (Å²) >= 11 is 0. The summed E-state index contributed by atoms with van der Waals surface area (Å²) in [6.07, 6.45) is 0. The molecule has 2 aromatic carbocycles. The van der Waals surface area contributed by atoms with Crippen molar-refractivity contribution < 1.29 is 0 Å². The van der Waals surface area contributed by atoms with Crippen molar-refractivity contribution in [3.8, 4) is 11.1 Å². The second kappa shape index (κ2) is 5.89. The van der Waals surface area contributed by atoms with E-state index in [0.717, 1.165) is 6.54 Å². The van der Waals surface area contributed by atoms with Gasteiger partial charge in [0, 0.05) is 0 Å². The fraction of sp³-hybridized carbons (Fsp3) is 0.133. The molecule has 0 bridgehead atoms. The molecule has 3 rings (SSSR count). The number of hydrogen-bond donors (Lipinski definition) is 2. The Hall–Kier alpha value is -1.81. The van der Waals surface area contributed by atoms with Crippen molar-refractivity contribution in [2.45, 2.75) is 6.04 Å². The van der Waals surface area contributed by atoms with Gasteiger partial charge in [0.2, 0.25) is 0 Å². The van der Waals surface area contributed by atoms with Crippen molar-refractivity contribution in [1.82, 2.24) is 5.32 Å². The van der Waals surface area contributed by atoms with E-state index in [9.17, 15) is 0 Å². The van der Waals surface area contributed by atoms with E-state index in [0.29, 0.717) is 5.96 Å². The second-order valence-electron chi connectivity index (χ2n) is 4.41. The summed E-state index contributed by atoms with van der Waals surface area (Å²) in [6.45, 7) is 0.719. The predicted octanol–water partition coefficient (Wildman–Crippen LogP) is 2.89. The van der Waals surface area contributed by atoms with Gasteiger partial charge in [-0.3, -0.25) is 4.99 Å². The Bertz CT molecular complexity index is 564. The summed E-state index contributed by atoms with van der Waals surface area (Å²) in [6, 6.07) is 19.1. The molecule has 0 spiro atoms. The Kier molecular flexibility index (Phi) is 4.22. The molecule has 1 heterocycles. The highest BCUT2D eigenvalue weighted by atomic mass is 79.9. The number of guanidine groups is 1. The van der Waals surface area contributed by atoms with Gasteiger partial charge in [-0.25, -0.2) is 0 Å². The first-order valence-electron chi connectivity index (χ1n) is 6.05. The molecule has 19 heavy (non-hydrogen) atoms. The average molecular weight is 318 g/mol. The topological polar surface area (TPSA) is 50.4 Å². The van der Waals surface area contributed by atoms with E-state index in [1.807, 2.05) is 6.07 Å². The van der Waals surface area contributed by atoms with Crippen LogP contribution < -0.4 is 11.1 Å². The molecule has 0 radical (unpaired) electrons. The summed E-state index contributed by atoms with van der Waals surface area (Å²) in [5.41, 5.74) is 9.31. The monoisotopic (exact) mass is 317 g/mol. The van der Waals surface area contributed by atoms with Crippen molar-refractivity contribution >= 4 is 22.9 Å². The average Bonchev–Trinajstić information content (AvgIpc) is 2.87. The van der Waals surface area contributed by atoms with Crippen LogP contribution in [0, 0.1) is 0 Å². The molecule has 0 amide bonds. The van der Waals surface area contributed by atoms with Crippen molar-refractivity contribution in [3.63, 3.8) is 0 Å². The number of rotatable bonds is 2. The summed E-state index contributed by atoms with van der Waals surface area (Å²) in [5, 5.41) is 3.16. The van der Waals surface area contributed by atoms with Gasteiger partial charge in [-0.05, 0) is 16.7 Å². The Labute approximate surface area is 123 Å². The first-order valence-corrected chi connectivity index (χ1v) is 6.05. The van der Waals surface area contributed by atoms with Gasteiger partial charge in [0.1, 0.15) is 0 Å². The van der Waals surface area contributed by atoms with Gasteiger partial charge < -0.3 is 11.1 Å². The van der Waals surface area contributed by atoms with Crippen LogP contribution in [0.2, 0.25) is 0 Å². The molecule has 0 aliphatic carbocycles. The molecule has 1 aliphatic rings. The minimum absolute atomic E-state index is 0. The zero-order valence-corrected chi connectivity index (χ0v) is 12.1. The van der Waals surface area contributed by atoms with E-state index in [-0.39, 0.29) is 23.0 Å². The van der Waals surface area contributed by atoms with Crippen LogP contribution in [0.3, 0.4) is 0 Å². The van der Waals surface area contributed by atoms with Gasteiger partial charge in [0.05, 0.1) is 12.6 Å². The summed E-state index contributed by atoms with van der Waals surface area (Å²) in [7, 11) is 0. The van der Waals surface area contributed by atoms with Crippen molar-refractivity contribution in [2.24, 2.45) is 10.7 Å². The van der Waals surface area contributed by atoms with E-state index in [1.165, 1.54) is 16.7 Å². The number of nitrogens with one attached hydrogen (secondary N) is 1. The number of nitrogens with zero attached hydrogens (tertiary/aromatic N) is 1. The number of benzene rings is 2. The fourth-order valence-corrected chi connectivity index (χ4v) is 2.19. The Morgan fingerprint density at radius 2 is 1.58 bits per heavy atom. The van der Waals surface area contributed by atoms with Crippen molar-refractivity contribution in [1.29, 1.82) is 0 Å². The second-order valence-corrected chi connectivity index (χ2v) is 4.41.